The molecule has 4 aromatic rings. The number of ether oxygens (including phenoxy) is 1. The smallest absolute Gasteiger partial charge is 0.337 e. The van der Waals surface area contributed by atoms with Crippen molar-refractivity contribution in [3.8, 4) is 0 Å². The molecule has 2 aromatic heterocycles. The summed E-state index contributed by atoms with van der Waals surface area (Å²) in [6, 6.07) is 12.4. The van der Waals surface area contributed by atoms with E-state index < -0.39 is 29.2 Å². The summed E-state index contributed by atoms with van der Waals surface area (Å²) in [5.41, 5.74) is 0.814. The molecule has 0 saturated carbocycles. The van der Waals surface area contributed by atoms with E-state index >= 15 is 0 Å². The second kappa shape index (κ2) is 10.5. The molecular formula is C25H21FN4O5S. The van der Waals surface area contributed by atoms with Crippen molar-refractivity contribution >= 4 is 45.5 Å². The van der Waals surface area contributed by atoms with Crippen molar-refractivity contribution in [2.45, 2.75) is 19.8 Å². The van der Waals surface area contributed by atoms with Gasteiger partial charge >= 0.3 is 5.97 Å². The van der Waals surface area contributed by atoms with Crippen molar-refractivity contribution in [3.05, 3.63) is 92.6 Å². The van der Waals surface area contributed by atoms with Gasteiger partial charge in [-0.1, -0.05) is 24.7 Å². The number of esters is 1. The number of halogens is 1. The Kier molecular flexibility index (Phi) is 7.20. The topological polar surface area (TPSA) is 119 Å². The fourth-order valence-electron chi connectivity index (χ4n) is 3.48. The second-order valence-electron chi connectivity index (χ2n) is 7.72. The number of anilines is 2. The monoisotopic (exact) mass is 508 g/mol. The zero-order valence-electron chi connectivity index (χ0n) is 19.3. The van der Waals surface area contributed by atoms with E-state index in [2.05, 4.69) is 20.4 Å². The van der Waals surface area contributed by atoms with Crippen molar-refractivity contribution in [3.63, 3.8) is 0 Å². The number of fused-ring (bicyclic) bond motifs is 1. The lowest BCUT2D eigenvalue weighted by Crippen LogP contribution is -2.25. The molecule has 0 bridgehead atoms. The van der Waals surface area contributed by atoms with Gasteiger partial charge in [-0.25, -0.2) is 18.6 Å². The molecule has 4 rings (SSSR count). The molecule has 0 unspecified atom stereocenters. The highest BCUT2D eigenvalue weighted by Crippen LogP contribution is 2.24. The Balaban J connectivity index is 1.75. The van der Waals surface area contributed by atoms with Gasteiger partial charge in [0.2, 0.25) is 0 Å². The first-order valence-electron chi connectivity index (χ1n) is 10.9. The molecule has 36 heavy (non-hydrogen) atoms. The lowest BCUT2D eigenvalue weighted by Gasteiger charge is -2.09. The highest BCUT2D eigenvalue weighted by molar-refractivity contribution is 7.19. The molecule has 2 N–H and O–H groups in total. The fraction of sp³-hybridized carbons (Fsp3) is 0.160. The normalized spacial score (nSPS) is 10.8. The van der Waals surface area contributed by atoms with Crippen LogP contribution in [0.2, 0.25) is 0 Å². The third-order valence-corrected chi connectivity index (χ3v) is 6.21. The largest absolute Gasteiger partial charge is 0.465 e. The van der Waals surface area contributed by atoms with Crippen LogP contribution in [-0.4, -0.2) is 34.3 Å². The van der Waals surface area contributed by atoms with Crippen molar-refractivity contribution in [2.75, 3.05) is 17.7 Å². The van der Waals surface area contributed by atoms with Gasteiger partial charge < -0.3 is 15.4 Å². The van der Waals surface area contributed by atoms with Crippen LogP contribution in [0.3, 0.4) is 0 Å². The number of aryl methyl sites for hydroxylation is 1. The number of aromatic nitrogens is 2. The van der Waals surface area contributed by atoms with Crippen LogP contribution in [0.1, 0.15) is 49.6 Å². The minimum atomic E-state index is -0.719. The average molecular weight is 509 g/mol. The number of benzene rings is 2. The molecule has 9 nitrogen and oxygen atoms in total. The predicted molar refractivity (Wildman–Crippen MR) is 133 cm³/mol. The van der Waals surface area contributed by atoms with Gasteiger partial charge in [-0.3, -0.25) is 14.4 Å². The van der Waals surface area contributed by atoms with Crippen molar-refractivity contribution in [1.29, 1.82) is 0 Å². The van der Waals surface area contributed by atoms with Crippen LogP contribution in [0, 0.1) is 5.82 Å². The minimum absolute atomic E-state index is 0.0405. The van der Waals surface area contributed by atoms with Gasteiger partial charge in [0.15, 0.2) is 4.96 Å². The molecule has 2 aromatic carbocycles. The third-order valence-electron chi connectivity index (χ3n) is 5.17. The van der Waals surface area contributed by atoms with Crippen LogP contribution >= 0.6 is 11.3 Å². The van der Waals surface area contributed by atoms with Crippen molar-refractivity contribution in [1.82, 2.24) is 9.38 Å². The molecular weight excluding hydrogens is 487 g/mol. The Morgan fingerprint density at radius 2 is 1.61 bits per heavy atom. The molecule has 184 valence electrons. The van der Waals surface area contributed by atoms with E-state index in [1.807, 2.05) is 6.92 Å². The summed E-state index contributed by atoms with van der Waals surface area (Å²) < 4.78 is 19.0. The van der Waals surface area contributed by atoms with E-state index in [9.17, 15) is 23.6 Å². The highest BCUT2D eigenvalue weighted by atomic mass is 32.1. The van der Waals surface area contributed by atoms with Gasteiger partial charge in [0.05, 0.1) is 12.7 Å². The van der Waals surface area contributed by atoms with E-state index in [0.29, 0.717) is 29.1 Å². The summed E-state index contributed by atoms with van der Waals surface area (Å²) in [6.07, 6.45) is 1.33. The van der Waals surface area contributed by atoms with Gasteiger partial charge in [0.1, 0.15) is 16.4 Å². The van der Waals surface area contributed by atoms with Gasteiger partial charge in [-0.15, -0.1) is 0 Å². The maximum absolute atomic E-state index is 13.3. The predicted octanol–water partition coefficient (Wildman–Crippen LogP) is 4.14. The molecule has 0 aliphatic rings. The third kappa shape index (κ3) is 5.15. The standard InChI is InChI=1S/C25H21FN4O5S/c1-3-4-18-13-19(31)30-20(22(32)27-16-9-5-14(6-10-16)24(34)35-2)21(36-25(30)29-18)23(33)28-17-11-7-15(26)8-12-17/h5-13H,3-4H2,1-2H3,(H,27,32)(H,28,33). The zero-order chi connectivity index (χ0) is 25.8. The Hall–Kier alpha value is -4.38. The number of methoxy groups -OCH3 is 1. The Bertz CT molecular complexity index is 1510. The van der Waals surface area contributed by atoms with Crippen LogP contribution in [0.5, 0.6) is 0 Å². The summed E-state index contributed by atoms with van der Waals surface area (Å²) in [5, 5.41) is 5.27. The Labute approximate surface area is 208 Å². The zero-order valence-corrected chi connectivity index (χ0v) is 20.1. The first kappa shape index (κ1) is 24.7. The Morgan fingerprint density at radius 1 is 1.00 bits per heavy atom. The molecule has 0 saturated heterocycles. The maximum Gasteiger partial charge on any atom is 0.337 e. The van der Waals surface area contributed by atoms with E-state index in [0.717, 1.165) is 22.2 Å². The lowest BCUT2D eigenvalue weighted by atomic mass is 10.2. The van der Waals surface area contributed by atoms with Crippen LogP contribution < -0.4 is 16.2 Å². The molecule has 0 fully saturated rings. The number of carbonyl (C=O) groups is 3. The molecule has 0 spiro atoms. The van der Waals surface area contributed by atoms with Gasteiger partial charge in [0.25, 0.3) is 17.4 Å². The maximum atomic E-state index is 13.3. The minimum Gasteiger partial charge on any atom is -0.465 e. The summed E-state index contributed by atoms with van der Waals surface area (Å²) in [6.45, 7) is 1.95. The van der Waals surface area contributed by atoms with Crippen LogP contribution in [0.4, 0.5) is 15.8 Å². The highest BCUT2D eigenvalue weighted by Gasteiger charge is 2.26. The quantitative estimate of drug-likeness (QED) is 0.362. The number of hydrogen-bond acceptors (Lipinski definition) is 7. The Morgan fingerprint density at radius 3 is 2.22 bits per heavy atom. The average Bonchev–Trinajstić information content (AvgIpc) is 3.26. The van der Waals surface area contributed by atoms with Gasteiger partial charge in [-0.05, 0) is 55.0 Å². The number of nitrogens with zero attached hydrogens (tertiary/aromatic N) is 2. The fourth-order valence-corrected chi connectivity index (χ4v) is 4.53. The molecule has 2 heterocycles. The molecule has 0 aliphatic heterocycles. The number of thiazole rings is 1. The number of nitrogens with one attached hydrogen (secondary N) is 2. The first-order chi connectivity index (χ1) is 17.3. The number of hydrogen-bond donors (Lipinski definition) is 2. The molecule has 0 atom stereocenters. The van der Waals surface area contributed by atoms with E-state index in [4.69, 9.17) is 0 Å². The van der Waals surface area contributed by atoms with E-state index in [1.54, 1.807) is 0 Å². The van der Waals surface area contributed by atoms with Crippen LogP contribution in [0.15, 0.2) is 59.4 Å². The van der Waals surface area contributed by atoms with Gasteiger partial charge in [-0.2, -0.15) is 0 Å². The second-order valence-corrected chi connectivity index (χ2v) is 8.70. The van der Waals surface area contributed by atoms with E-state index in [1.165, 1.54) is 61.7 Å². The molecule has 11 heteroatoms. The van der Waals surface area contributed by atoms with Crippen LogP contribution in [-0.2, 0) is 11.2 Å². The summed E-state index contributed by atoms with van der Waals surface area (Å²) in [7, 11) is 1.26. The lowest BCUT2D eigenvalue weighted by molar-refractivity contribution is 0.0600. The van der Waals surface area contributed by atoms with Gasteiger partial charge in [0, 0.05) is 23.1 Å². The molecule has 2 amide bonds. The molecule has 0 aliphatic carbocycles. The summed E-state index contributed by atoms with van der Waals surface area (Å²) in [4.78, 5) is 55.7. The molecule has 0 radical (unpaired) electrons. The summed E-state index contributed by atoms with van der Waals surface area (Å²) in [5.74, 6) is -2.37. The number of carbonyl (C=O) groups excluding carboxylic acids is 3. The summed E-state index contributed by atoms with van der Waals surface area (Å²) >= 11 is 0.901. The SMILES string of the molecule is CCCc1cc(=O)n2c(C(=O)Nc3ccc(C(=O)OC)cc3)c(C(=O)Nc3ccc(F)cc3)sc2n1. The number of amides is 2. The first-order valence-corrected chi connectivity index (χ1v) is 11.7. The van der Waals surface area contributed by atoms with Crippen molar-refractivity contribution < 1.29 is 23.5 Å². The van der Waals surface area contributed by atoms with Crippen molar-refractivity contribution in [2.24, 2.45) is 0 Å². The number of rotatable bonds is 7. The van der Waals surface area contributed by atoms with Crippen LogP contribution in [0.25, 0.3) is 4.96 Å². The van der Waals surface area contributed by atoms with E-state index in [-0.39, 0.29) is 15.5 Å².